The van der Waals surface area contributed by atoms with Crippen molar-refractivity contribution in [2.75, 3.05) is 7.11 Å². The van der Waals surface area contributed by atoms with Gasteiger partial charge in [-0.05, 0) is 18.5 Å². The van der Waals surface area contributed by atoms with Crippen LogP contribution in [0, 0.1) is 0 Å². The zero-order valence-corrected chi connectivity index (χ0v) is 10.3. The van der Waals surface area contributed by atoms with Crippen molar-refractivity contribution in [1.82, 2.24) is 5.32 Å². The van der Waals surface area contributed by atoms with E-state index in [1.54, 1.807) is 0 Å². The number of rotatable bonds is 2. The van der Waals surface area contributed by atoms with Crippen LogP contribution in [0.15, 0.2) is 18.2 Å². The van der Waals surface area contributed by atoms with Gasteiger partial charge in [0.25, 0.3) is 5.91 Å². The maximum absolute atomic E-state index is 14.4. The van der Waals surface area contributed by atoms with E-state index < -0.39 is 30.2 Å². The van der Waals surface area contributed by atoms with Gasteiger partial charge in [-0.1, -0.05) is 12.1 Å². The summed E-state index contributed by atoms with van der Waals surface area (Å²) in [7, 11) is -0.830. The normalized spacial score (nSPS) is 24.6. The molecule has 1 aromatic carbocycles. The van der Waals surface area contributed by atoms with Crippen LogP contribution in [0.2, 0.25) is 0 Å². The maximum atomic E-state index is 14.4. The summed E-state index contributed by atoms with van der Waals surface area (Å²) < 4.78 is 33.4. The van der Waals surface area contributed by atoms with Crippen LogP contribution in [0.3, 0.4) is 0 Å². The lowest BCUT2D eigenvalue weighted by Gasteiger charge is -2.41. The van der Waals surface area contributed by atoms with Crippen LogP contribution >= 0.6 is 0 Å². The highest BCUT2D eigenvalue weighted by Gasteiger charge is 2.58. The summed E-state index contributed by atoms with van der Waals surface area (Å²) in [6.45, 7) is 1.05. The molecule has 0 spiro atoms. The minimum absolute atomic E-state index is 0.119. The van der Waals surface area contributed by atoms with E-state index in [1.807, 2.05) is 0 Å². The summed E-state index contributed by atoms with van der Waals surface area (Å²) >= 11 is 0. The zero-order valence-electron chi connectivity index (χ0n) is 10.3. The third-order valence-corrected chi connectivity index (χ3v) is 3.28. The molecule has 8 heteroatoms. The van der Waals surface area contributed by atoms with Gasteiger partial charge in [0.1, 0.15) is 0 Å². The Bertz CT molecular complexity index is 537. The van der Waals surface area contributed by atoms with E-state index in [-0.39, 0.29) is 11.0 Å². The number of amides is 1. The standard InChI is InChI=1S/C11H12BF2NO4/c1-10(19-2)11(13,14)8-5-6(12(17)18)3-4-7(8)9(16)15-10/h3-5,17-18H,1-2H3,(H,15,16). The van der Waals surface area contributed by atoms with E-state index in [1.165, 1.54) is 6.07 Å². The number of methoxy groups -OCH3 is 1. The molecule has 1 aliphatic heterocycles. The van der Waals surface area contributed by atoms with Gasteiger partial charge in [-0.25, -0.2) is 0 Å². The first-order valence-electron chi connectivity index (χ1n) is 5.49. The fourth-order valence-corrected chi connectivity index (χ4v) is 1.98. The van der Waals surface area contributed by atoms with E-state index in [4.69, 9.17) is 14.8 Å². The molecule has 1 heterocycles. The second-order valence-corrected chi connectivity index (χ2v) is 4.44. The number of alkyl halides is 2. The average molecular weight is 271 g/mol. The quantitative estimate of drug-likeness (QED) is 0.637. The van der Waals surface area contributed by atoms with Crippen molar-refractivity contribution in [3.05, 3.63) is 29.3 Å². The summed E-state index contributed by atoms with van der Waals surface area (Å²) in [5, 5.41) is 20.2. The molecule has 1 aromatic rings. The molecule has 0 saturated carbocycles. The van der Waals surface area contributed by atoms with Gasteiger partial charge in [-0.2, -0.15) is 8.78 Å². The van der Waals surface area contributed by atoms with Crippen molar-refractivity contribution in [2.24, 2.45) is 0 Å². The topological polar surface area (TPSA) is 78.8 Å². The number of hydrogen-bond donors (Lipinski definition) is 3. The molecule has 5 nitrogen and oxygen atoms in total. The van der Waals surface area contributed by atoms with Crippen LogP contribution in [-0.4, -0.2) is 35.9 Å². The van der Waals surface area contributed by atoms with Crippen molar-refractivity contribution in [1.29, 1.82) is 0 Å². The number of fused-ring (bicyclic) bond motifs is 1. The summed E-state index contributed by atoms with van der Waals surface area (Å²) in [5.74, 6) is -4.21. The van der Waals surface area contributed by atoms with Crippen molar-refractivity contribution in [2.45, 2.75) is 18.6 Å². The fraction of sp³-hybridized carbons (Fsp3) is 0.364. The first-order valence-corrected chi connectivity index (χ1v) is 5.49. The van der Waals surface area contributed by atoms with Crippen LogP contribution in [0.25, 0.3) is 0 Å². The summed E-state index contributed by atoms with van der Waals surface area (Å²) in [6, 6.07) is 3.23. The monoisotopic (exact) mass is 271 g/mol. The van der Waals surface area contributed by atoms with Gasteiger partial charge in [-0.3, -0.25) is 4.79 Å². The largest absolute Gasteiger partial charge is 0.488 e. The number of nitrogens with one attached hydrogen (secondary N) is 1. The van der Waals surface area contributed by atoms with Crippen LogP contribution in [0.1, 0.15) is 22.8 Å². The van der Waals surface area contributed by atoms with Crippen molar-refractivity contribution < 1.29 is 28.4 Å². The molecule has 19 heavy (non-hydrogen) atoms. The molecular weight excluding hydrogens is 259 g/mol. The van der Waals surface area contributed by atoms with Gasteiger partial charge >= 0.3 is 13.0 Å². The number of carbonyl (C=O) groups excluding carboxylic acids is 1. The van der Waals surface area contributed by atoms with Crippen LogP contribution in [0.5, 0.6) is 0 Å². The van der Waals surface area contributed by atoms with Gasteiger partial charge in [0.2, 0.25) is 5.72 Å². The second kappa shape index (κ2) is 4.26. The molecule has 0 fully saturated rings. The Balaban J connectivity index is 2.66. The molecule has 0 saturated heterocycles. The third kappa shape index (κ3) is 1.92. The molecule has 1 aliphatic rings. The Hall–Kier alpha value is -1.51. The lowest BCUT2D eigenvalue weighted by atomic mass is 9.76. The zero-order chi connectivity index (χ0) is 14.4. The van der Waals surface area contributed by atoms with Crippen LogP contribution in [-0.2, 0) is 10.7 Å². The fourth-order valence-electron chi connectivity index (χ4n) is 1.98. The Morgan fingerprint density at radius 3 is 2.53 bits per heavy atom. The number of hydrogen-bond acceptors (Lipinski definition) is 4. The van der Waals surface area contributed by atoms with Gasteiger partial charge in [0, 0.05) is 18.2 Å². The first-order chi connectivity index (χ1) is 8.73. The van der Waals surface area contributed by atoms with E-state index in [2.05, 4.69) is 5.32 Å². The van der Waals surface area contributed by atoms with Crippen LogP contribution in [0.4, 0.5) is 8.78 Å². The molecule has 0 bridgehead atoms. The number of carbonyl (C=O) groups is 1. The number of halogens is 2. The van der Waals surface area contributed by atoms with Gasteiger partial charge in [0.15, 0.2) is 0 Å². The summed E-state index contributed by atoms with van der Waals surface area (Å²) in [4.78, 5) is 11.8. The highest BCUT2D eigenvalue weighted by atomic mass is 19.3. The molecule has 0 radical (unpaired) electrons. The highest BCUT2D eigenvalue weighted by molar-refractivity contribution is 6.58. The van der Waals surface area contributed by atoms with E-state index >= 15 is 0 Å². The second-order valence-electron chi connectivity index (χ2n) is 4.44. The van der Waals surface area contributed by atoms with Gasteiger partial charge in [0.05, 0.1) is 0 Å². The number of benzene rings is 1. The number of ether oxygens (including phenoxy) is 1. The summed E-state index contributed by atoms with van der Waals surface area (Å²) in [6.07, 6.45) is 0. The molecule has 1 atom stereocenters. The van der Waals surface area contributed by atoms with Crippen molar-refractivity contribution in [3.8, 4) is 0 Å². The Kier molecular flexibility index (Phi) is 3.12. The molecule has 3 N–H and O–H groups in total. The average Bonchev–Trinajstić information content (AvgIpc) is 2.36. The predicted octanol–water partition coefficient (Wildman–Crippen LogP) is -0.436. The smallest absolute Gasteiger partial charge is 0.423 e. The molecule has 2 rings (SSSR count). The van der Waals surface area contributed by atoms with Gasteiger partial charge in [-0.15, -0.1) is 0 Å². The first kappa shape index (κ1) is 13.9. The molecule has 0 aliphatic carbocycles. The van der Waals surface area contributed by atoms with Crippen molar-refractivity contribution in [3.63, 3.8) is 0 Å². The van der Waals surface area contributed by atoms with E-state index in [0.29, 0.717) is 0 Å². The molecule has 0 aromatic heterocycles. The summed E-state index contributed by atoms with van der Waals surface area (Å²) in [5.41, 5.74) is -3.11. The molecule has 1 amide bonds. The lowest BCUT2D eigenvalue weighted by molar-refractivity contribution is -0.208. The van der Waals surface area contributed by atoms with Gasteiger partial charge < -0.3 is 20.1 Å². The predicted molar refractivity (Wildman–Crippen MR) is 63.0 cm³/mol. The van der Waals surface area contributed by atoms with E-state index in [9.17, 15) is 13.6 Å². The minimum Gasteiger partial charge on any atom is -0.423 e. The van der Waals surface area contributed by atoms with Crippen LogP contribution < -0.4 is 10.8 Å². The Morgan fingerprint density at radius 2 is 2.00 bits per heavy atom. The minimum atomic E-state index is -3.50. The van der Waals surface area contributed by atoms with Crippen molar-refractivity contribution >= 4 is 18.5 Å². The third-order valence-electron chi connectivity index (χ3n) is 3.28. The molecule has 1 unspecified atom stereocenters. The SMILES string of the molecule is COC1(C)NC(=O)c2ccc(B(O)O)cc2C1(F)F. The molecule has 102 valence electrons. The highest BCUT2D eigenvalue weighted by Crippen LogP contribution is 2.43. The maximum Gasteiger partial charge on any atom is 0.488 e. The Morgan fingerprint density at radius 1 is 1.37 bits per heavy atom. The lowest BCUT2D eigenvalue weighted by Crippen LogP contribution is -2.62. The van der Waals surface area contributed by atoms with E-state index in [0.717, 1.165) is 26.2 Å². The Labute approximate surface area is 108 Å². The molecular formula is C11H12BF2NO4.